The summed E-state index contributed by atoms with van der Waals surface area (Å²) in [5.74, 6) is 0.728. The lowest BCUT2D eigenvalue weighted by Gasteiger charge is -2.33. The van der Waals surface area contributed by atoms with Crippen LogP contribution in [0.1, 0.15) is 35.8 Å². The van der Waals surface area contributed by atoms with Crippen LogP contribution in [0.25, 0.3) is 0 Å². The molecule has 0 aliphatic heterocycles. The Labute approximate surface area is 202 Å². The zero-order valence-corrected chi connectivity index (χ0v) is 19.8. The minimum absolute atomic E-state index is 0. The van der Waals surface area contributed by atoms with Crippen LogP contribution in [0, 0.1) is 0 Å². The average Bonchev–Trinajstić information content (AvgIpc) is 2.84. The third-order valence-corrected chi connectivity index (χ3v) is 5.62. The van der Waals surface area contributed by atoms with Crippen LogP contribution in [-0.4, -0.2) is 52.6 Å². The largest absolute Gasteiger partial charge is 0.491 e. The van der Waals surface area contributed by atoms with E-state index >= 15 is 0 Å². The van der Waals surface area contributed by atoms with Crippen LogP contribution in [0.2, 0.25) is 0 Å². The number of ether oxygens (including phenoxy) is 1. The SMILES string of the molecule is C[C@H](Cc1ccc(OCCO)cc1)N(CC(O)c1ccccc1)CC(O)c1ccccc1.Cl. The maximum absolute atomic E-state index is 10.8. The first kappa shape index (κ1) is 26.8. The number of benzene rings is 3. The molecule has 0 heterocycles. The van der Waals surface area contributed by atoms with Gasteiger partial charge in [0.1, 0.15) is 12.4 Å². The van der Waals surface area contributed by atoms with Crippen molar-refractivity contribution in [3.8, 4) is 5.75 Å². The Morgan fingerprint density at radius 1 is 0.758 bits per heavy atom. The number of nitrogens with zero attached hydrogens (tertiary/aromatic N) is 1. The molecule has 0 fully saturated rings. The van der Waals surface area contributed by atoms with E-state index in [-0.39, 0.29) is 31.7 Å². The van der Waals surface area contributed by atoms with Crippen LogP contribution in [0.3, 0.4) is 0 Å². The van der Waals surface area contributed by atoms with Crippen LogP contribution in [0.4, 0.5) is 0 Å². The van der Waals surface area contributed by atoms with Crippen molar-refractivity contribution in [1.29, 1.82) is 0 Å². The maximum atomic E-state index is 10.8. The van der Waals surface area contributed by atoms with Gasteiger partial charge in [-0.3, -0.25) is 4.90 Å². The molecule has 0 aromatic heterocycles. The second kappa shape index (κ2) is 14.0. The topological polar surface area (TPSA) is 73.2 Å². The molecule has 33 heavy (non-hydrogen) atoms. The Morgan fingerprint density at radius 2 is 1.24 bits per heavy atom. The lowest BCUT2D eigenvalue weighted by Crippen LogP contribution is -2.40. The van der Waals surface area contributed by atoms with E-state index in [1.807, 2.05) is 84.9 Å². The predicted molar refractivity (Wildman–Crippen MR) is 134 cm³/mol. The fourth-order valence-corrected chi connectivity index (χ4v) is 3.80. The predicted octanol–water partition coefficient (Wildman–Crippen LogP) is 4.18. The standard InChI is InChI=1S/C27H33NO4.ClH/c1-21(18-22-12-14-25(15-13-22)32-17-16-29)28(19-26(30)23-8-4-2-5-9-23)20-27(31)24-10-6-3-7-11-24;/h2-15,21,26-27,29-31H,16-20H2,1H3;1H/t21-,26?,27?;/m1./s1. The van der Waals surface area contributed by atoms with Gasteiger partial charge in [0.25, 0.3) is 0 Å². The van der Waals surface area contributed by atoms with E-state index in [1.54, 1.807) is 0 Å². The van der Waals surface area contributed by atoms with E-state index < -0.39 is 12.2 Å². The molecule has 2 unspecified atom stereocenters. The molecular formula is C27H34ClNO4. The molecule has 5 nitrogen and oxygen atoms in total. The number of aliphatic hydroxyl groups excluding tert-OH is 3. The quantitative estimate of drug-likeness (QED) is 0.369. The maximum Gasteiger partial charge on any atom is 0.119 e. The molecule has 3 atom stereocenters. The van der Waals surface area contributed by atoms with E-state index in [1.165, 1.54) is 0 Å². The summed E-state index contributed by atoms with van der Waals surface area (Å²) >= 11 is 0. The number of hydrogen-bond donors (Lipinski definition) is 3. The highest BCUT2D eigenvalue weighted by atomic mass is 35.5. The van der Waals surface area contributed by atoms with Gasteiger partial charge in [-0.2, -0.15) is 0 Å². The molecule has 0 saturated heterocycles. The summed E-state index contributed by atoms with van der Waals surface area (Å²) in [6, 6.07) is 27.2. The van der Waals surface area contributed by atoms with E-state index in [2.05, 4.69) is 11.8 Å². The Kier molecular flexibility index (Phi) is 11.4. The van der Waals surface area contributed by atoms with Crippen molar-refractivity contribution in [2.75, 3.05) is 26.3 Å². The minimum atomic E-state index is -0.643. The molecule has 6 heteroatoms. The molecule has 3 aromatic rings. The van der Waals surface area contributed by atoms with Crippen LogP contribution in [-0.2, 0) is 6.42 Å². The van der Waals surface area contributed by atoms with Crippen molar-refractivity contribution in [2.24, 2.45) is 0 Å². The first-order valence-corrected chi connectivity index (χ1v) is 11.1. The first-order chi connectivity index (χ1) is 15.6. The number of rotatable bonds is 12. The van der Waals surface area contributed by atoms with E-state index in [4.69, 9.17) is 9.84 Å². The highest BCUT2D eigenvalue weighted by molar-refractivity contribution is 5.85. The smallest absolute Gasteiger partial charge is 0.119 e. The van der Waals surface area contributed by atoms with Gasteiger partial charge >= 0.3 is 0 Å². The fourth-order valence-electron chi connectivity index (χ4n) is 3.80. The van der Waals surface area contributed by atoms with Gasteiger partial charge in [0.2, 0.25) is 0 Å². The molecule has 3 N–H and O–H groups in total. The minimum Gasteiger partial charge on any atom is -0.491 e. The zero-order chi connectivity index (χ0) is 22.8. The summed E-state index contributed by atoms with van der Waals surface area (Å²) in [6.07, 6.45) is -0.518. The third-order valence-electron chi connectivity index (χ3n) is 5.62. The molecule has 3 aromatic carbocycles. The molecule has 0 aliphatic rings. The molecule has 3 rings (SSSR count). The molecule has 0 bridgehead atoms. The Hall–Kier alpha value is -2.41. The molecule has 0 saturated carbocycles. The van der Waals surface area contributed by atoms with Crippen molar-refractivity contribution < 1.29 is 20.1 Å². The van der Waals surface area contributed by atoms with Gasteiger partial charge in [-0.15, -0.1) is 12.4 Å². The summed E-state index contributed by atoms with van der Waals surface area (Å²) in [7, 11) is 0. The lowest BCUT2D eigenvalue weighted by atomic mass is 10.0. The normalized spacial score (nSPS) is 13.7. The lowest BCUT2D eigenvalue weighted by molar-refractivity contribution is 0.0480. The van der Waals surface area contributed by atoms with E-state index in [0.717, 1.165) is 28.9 Å². The molecular weight excluding hydrogens is 438 g/mol. The van der Waals surface area contributed by atoms with Gasteiger partial charge in [-0.25, -0.2) is 0 Å². The Balaban J connectivity index is 0.00000385. The summed E-state index contributed by atoms with van der Waals surface area (Å²) in [6.45, 7) is 3.23. The van der Waals surface area contributed by atoms with Crippen LogP contribution in [0.15, 0.2) is 84.9 Å². The van der Waals surface area contributed by atoms with Crippen LogP contribution < -0.4 is 4.74 Å². The van der Waals surface area contributed by atoms with Gasteiger partial charge in [0.15, 0.2) is 0 Å². The monoisotopic (exact) mass is 471 g/mol. The highest BCUT2D eigenvalue weighted by Gasteiger charge is 2.22. The van der Waals surface area contributed by atoms with Crippen molar-refractivity contribution in [1.82, 2.24) is 4.90 Å². The van der Waals surface area contributed by atoms with Gasteiger partial charge in [0.05, 0.1) is 18.8 Å². The van der Waals surface area contributed by atoms with Gasteiger partial charge in [-0.05, 0) is 42.2 Å². The van der Waals surface area contributed by atoms with Crippen molar-refractivity contribution in [2.45, 2.75) is 31.6 Å². The number of hydrogen-bond acceptors (Lipinski definition) is 5. The summed E-state index contributed by atoms with van der Waals surface area (Å²) in [5.41, 5.74) is 2.87. The van der Waals surface area contributed by atoms with Gasteiger partial charge in [0, 0.05) is 19.1 Å². The Bertz CT molecular complexity index is 861. The number of aliphatic hydroxyl groups is 3. The van der Waals surface area contributed by atoms with E-state index in [9.17, 15) is 10.2 Å². The Morgan fingerprint density at radius 3 is 1.70 bits per heavy atom. The van der Waals surface area contributed by atoms with Crippen molar-refractivity contribution >= 4 is 12.4 Å². The molecule has 178 valence electrons. The number of halogens is 1. The fraction of sp³-hybridized carbons (Fsp3) is 0.333. The third kappa shape index (κ3) is 8.46. The van der Waals surface area contributed by atoms with Crippen molar-refractivity contribution in [3.63, 3.8) is 0 Å². The molecule has 0 aliphatic carbocycles. The average molecular weight is 472 g/mol. The summed E-state index contributed by atoms with van der Waals surface area (Å²) < 4.78 is 5.44. The highest BCUT2D eigenvalue weighted by Crippen LogP contribution is 2.22. The molecule has 0 radical (unpaired) electrons. The summed E-state index contributed by atoms with van der Waals surface area (Å²) in [4.78, 5) is 2.14. The van der Waals surface area contributed by atoms with Crippen molar-refractivity contribution in [3.05, 3.63) is 102 Å². The second-order valence-electron chi connectivity index (χ2n) is 8.08. The van der Waals surface area contributed by atoms with Gasteiger partial charge < -0.3 is 20.1 Å². The van der Waals surface area contributed by atoms with Gasteiger partial charge in [-0.1, -0.05) is 72.8 Å². The summed E-state index contributed by atoms with van der Waals surface area (Å²) in [5, 5.41) is 30.6. The molecule has 0 spiro atoms. The molecule has 0 amide bonds. The second-order valence-corrected chi connectivity index (χ2v) is 8.08. The van der Waals surface area contributed by atoms with Crippen LogP contribution in [0.5, 0.6) is 5.75 Å². The van der Waals surface area contributed by atoms with E-state index in [0.29, 0.717) is 13.1 Å². The zero-order valence-electron chi connectivity index (χ0n) is 19.0. The first-order valence-electron chi connectivity index (χ1n) is 11.1. The van der Waals surface area contributed by atoms with Crippen LogP contribution >= 0.6 is 12.4 Å².